The van der Waals surface area contributed by atoms with Gasteiger partial charge >= 0.3 is 0 Å². The minimum atomic E-state index is -0.113. The number of fused-ring (bicyclic) bond motifs is 1. The van der Waals surface area contributed by atoms with Gasteiger partial charge in [0.25, 0.3) is 5.91 Å². The number of anilines is 1. The van der Waals surface area contributed by atoms with E-state index in [2.05, 4.69) is 5.32 Å². The van der Waals surface area contributed by atoms with Crippen LogP contribution in [0.3, 0.4) is 0 Å². The first-order chi connectivity index (χ1) is 12.3. The van der Waals surface area contributed by atoms with Gasteiger partial charge in [0.2, 0.25) is 0 Å². The summed E-state index contributed by atoms with van der Waals surface area (Å²) in [5, 5.41) is 4.02. The lowest BCUT2D eigenvalue weighted by Crippen LogP contribution is -2.09. The van der Waals surface area contributed by atoms with Gasteiger partial charge in [-0.1, -0.05) is 42.5 Å². The summed E-state index contributed by atoms with van der Waals surface area (Å²) in [4.78, 5) is 13.2. The van der Waals surface area contributed by atoms with Crippen LogP contribution in [0.25, 0.3) is 10.1 Å². The molecule has 0 atom stereocenters. The van der Waals surface area contributed by atoms with Crippen LogP contribution in [0.15, 0.2) is 84.9 Å². The SMILES string of the molecule is O=C(Nc1cccc(Oc2ccccc2)c1)c1cc2ccccc2s1. The fraction of sp³-hybridized carbons (Fsp3) is 0. The van der Waals surface area contributed by atoms with E-state index in [-0.39, 0.29) is 5.91 Å². The number of benzene rings is 3. The fourth-order valence-corrected chi connectivity index (χ4v) is 3.51. The van der Waals surface area contributed by atoms with Gasteiger partial charge in [-0.2, -0.15) is 0 Å². The van der Waals surface area contributed by atoms with Crippen molar-refractivity contribution >= 4 is 33.0 Å². The molecule has 0 aliphatic rings. The van der Waals surface area contributed by atoms with Crippen molar-refractivity contribution in [1.29, 1.82) is 0 Å². The summed E-state index contributed by atoms with van der Waals surface area (Å²) in [6.07, 6.45) is 0. The number of rotatable bonds is 4. The summed E-state index contributed by atoms with van der Waals surface area (Å²) in [5.41, 5.74) is 0.705. The maximum Gasteiger partial charge on any atom is 0.265 e. The second kappa shape index (κ2) is 6.79. The zero-order valence-corrected chi connectivity index (χ0v) is 14.1. The molecule has 1 N–H and O–H groups in total. The average Bonchev–Trinajstić information content (AvgIpc) is 3.07. The van der Waals surface area contributed by atoms with Crippen LogP contribution in [0, 0.1) is 0 Å². The summed E-state index contributed by atoms with van der Waals surface area (Å²) in [7, 11) is 0. The molecule has 0 aliphatic carbocycles. The summed E-state index contributed by atoms with van der Waals surface area (Å²) in [6.45, 7) is 0. The smallest absolute Gasteiger partial charge is 0.265 e. The van der Waals surface area contributed by atoms with E-state index in [4.69, 9.17) is 4.74 Å². The molecule has 4 aromatic rings. The van der Waals surface area contributed by atoms with E-state index >= 15 is 0 Å². The summed E-state index contributed by atoms with van der Waals surface area (Å²) in [6, 6.07) is 26.8. The number of nitrogens with one attached hydrogen (secondary N) is 1. The van der Waals surface area contributed by atoms with E-state index in [0.717, 1.165) is 15.8 Å². The molecule has 0 spiro atoms. The summed E-state index contributed by atoms with van der Waals surface area (Å²) < 4.78 is 6.91. The van der Waals surface area contributed by atoms with Crippen molar-refractivity contribution in [1.82, 2.24) is 0 Å². The number of hydrogen-bond acceptors (Lipinski definition) is 3. The third-order valence-corrected chi connectivity index (χ3v) is 4.83. The van der Waals surface area contributed by atoms with Crippen LogP contribution in [0.1, 0.15) is 9.67 Å². The lowest BCUT2D eigenvalue weighted by Gasteiger charge is -2.08. The Morgan fingerprint density at radius 2 is 1.56 bits per heavy atom. The molecular weight excluding hydrogens is 330 g/mol. The molecule has 1 amide bonds. The molecule has 122 valence electrons. The van der Waals surface area contributed by atoms with E-state index in [1.54, 1.807) is 0 Å². The molecule has 4 rings (SSSR count). The molecule has 3 aromatic carbocycles. The van der Waals surface area contributed by atoms with Crippen molar-refractivity contribution in [2.75, 3.05) is 5.32 Å². The first kappa shape index (κ1) is 15.4. The van der Waals surface area contributed by atoms with Crippen LogP contribution in [0.2, 0.25) is 0 Å². The van der Waals surface area contributed by atoms with Crippen molar-refractivity contribution in [3.8, 4) is 11.5 Å². The number of amides is 1. The first-order valence-corrected chi connectivity index (χ1v) is 8.72. The third kappa shape index (κ3) is 3.54. The van der Waals surface area contributed by atoms with Crippen molar-refractivity contribution in [3.63, 3.8) is 0 Å². The quantitative estimate of drug-likeness (QED) is 0.496. The van der Waals surface area contributed by atoms with Gasteiger partial charge in [-0.15, -0.1) is 11.3 Å². The lowest BCUT2D eigenvalue weighted by molar-refractivity contribution is 0.103. The Labute approximate surface area is 149 Å². The van der Waals surface area contributed by atoms with Crippen molar-refractivity contribution in [3.05, 3.63) is 89.8 Å². The normalized spacial score (nSPS) is 10.6. The highest BCUT2D eigenvalue weighted by atomic mass is 32.1. The summed E-state index contributed by atoms with van der Waals surface area (Å²) >= 11 is 1.49. The number of para-hydroxylation sites is 1. The molecule has 0 saturated heterocycles. The van der Waals surface area contributed by atoms with Crippen molar-refractivity contribution in [2.24, 2.45) is 0 Å². The number of ether oxygens (including phenoxy) is 1. The predicted molar refractivity (Wildman–Crippen MR) is 103 cm³/mol. The van der Waals surface area contributed by atoms with Crippen LogP contribution in [-0.4, -0.2) is 5.91 Å². The Bertz CT molecular complexity index is 991. The van der Waals surface area contributed by atoms with Crippen molar-refractivity contribution < 1.29 is 9.53 Å². The fourth-order valence-electron chi connectivity index (χ4n) is 2.55. The Balaban J connectivity index is 1.52. The Hall–Kier alpha value is -3.11. The van der Waals surface area contributed by atoms with Gasteiger partial charge in [0, 0.05) is 16.5 Å². The van der Waals surface area contributed by atoms with Crippen LogP contribution < -0.4 is 10.1 Å². The topological polar surface area (TPSA) is 38.3 Å². The van der Waals surface area contributed by atoms with Gasteiger partial charge in [-0.25, -0.2) is 0 Å². The number of hydrogen-bond donors (Lipinski definition) is 1. The number of carbonyl (C=O) groups excluding carboxylic acids is 1. The standard InChI is InChI=1S/C21H15NO2S/c23-21(20-13-15-7-4-5-12-19(15)25-20)22-16-8-6-11-18(14-16)24-17-9-2-1-3-10-17/h1-14H,(H,22,23). The Morgan fingerprint density at radius 1 is 0.800 bits per heavy atom. The summed E-state index contributed by atoms with van der Waals surface area (Å²) in [5.74, 6) is 1.33. The van der Waals surface area contributed by atoms with Gasteiger partial charge in [0.15, 0.2) is 0 Å². The molecule has 0 fully saturated rings. The van der Waals surface area contributed by atoms with Gasteiger partial charge < -0.3 is 10.1 Å². The van der Waals surface area contributed by atoms with E-state index in [1.165, 1.54) is 11.3 Å². The molecule has 1 heterocycles. The highest BCUT2D eigenvalue weighted by Crippen LogP contribution is 2.27. The maximum atomic E-state index is 12.5. The maximum absolute atomic E-state index is 12.5. The highest BCUT2D eigenvalue weighted by molar-refractivity contribution is 7.20. The molecule has 0 bridgehead atoms. The van der Waals surface area contributed by atoms with Gasteiger partial charge in [-0.3, -0.25) is 4.79 Å². The van der Waals surface area contributed by atoms with E-state index in [0.29, 0.717) is 16.3 Å². The van der Waals surface area contributed by atoms with Crippen LogP contribution in [-0.2, 0) is 0 Å². The molecule has 0 radical (unpaired) electrons. The number of carbonyl (C=O) groups is 1. The zero-order valence-electron chi connectivity index (χ0n) is 13.3. The zero-order chi connectivity index (χ0) is 17.1. The highest BCUT2D eigenvalue weighted by Gasteiger charge is 2.10. The second-order valence-electron chi connectivity index (χ2n) is 5.55. The average molecular weight is 345 g/mol. The van der Waals surface area contributed by atoms with Gasteiger partial charge in [-0.05, 0) is 41.8 Å². The molecule has 4 heteroatoms. The Kier molecular flexibility index (Phi) is 4.19. The Morgan fingerprint density at radius 3 is 2.40 bits per heavy atom. The van der Waals surface area contributed by atoms with Crippen LogP contribution >= 0.6 is 11.3 Å². The minimum Gasteiger partial charge on any atom is -0.457 e. The second-order valence-corrected chi connectivity index (χ2v) is 6.63. The van der Waals surface area contributed by atoms with Gasteiger partial charge in [0.05, 0.1) is 4.88 Å². The van der Waals surface area contributed by atoms with E-state index in [1.807, 2.05) is 84.9 Å². The van der Waals surface area contributed by atoms with Crippen LogP contribution in [0.4, 0.5) is 5.69 Å². The molecule has 0 aliphatic heterocycles. The van der Waals surface area contributed by atoms with E-state index < -0.39 is 0 Å². The molecule has 25 heavy (non-hydrogen) atoms. The number of thiophene rings is 1. The largest absolute Gasteiger partial charge is 0.457 e. The van der Waals surface area contributed by atoms with Crippen molar-refractivity contribution in [2.45, 2.75) is 0 Å². The first-order valence-electron chi connectivity index (χ1n) is 7.91. The minimum absolute atomic E-state index is 0.113. The monoisotopic (exact) mass is 345 g/mol. The molecular formula is C21H15NO2S. The van der Waals surface area contributed by atoms with Crippen LogP contribution in [0.5, 0.6) is 11.5 Å². The molecule has 0 saturated carbocycles. The van der Waals surface area contributed by atoms with E-state index in [9.17, 15) is 4.79 Å². The molecule has 3 nitrogen and oxygen atoms in total. The third-order valence-electron chi connectivity index (χ3n) is 3.72. The molecule has 0 unspecified atom stereocenters. The lowest BCUT2D eigenvalue weighted by atomic mass is 10.2. The van der Waals surface area contributed by atoms with Gasteiger partial charge in [0.1, 0.15) is 11.5 Å². The molecule has 1 aromatic heterocycles. The predicted octanol–water partition coefficient (Wildman–Crippen LogP) is 5.95.